The van der Waals surface area contributed by atoms with Gasteiger partial charge in [-0.25, -0.2) is 4.98 Å². The molecule has 35 heavy (non-hydrogen) atoms. The van der Waals surface area contributed by atoms with Crippen molar-refractivity contribution in [1.82, 2.24) is 25.1 Å². The SMILES string of the molecule is C[C@@]1(C(=O)NCc2ccccc2Cl)Cn2cnc(C(=O)NCCc3cccs3)c2C(=O)N1C1CC1. The van der Waals surface area contributed by atoms with E-state index in [1.807, 2.05) is 35.7 Å². The first-order chi connectivity index (χ1) is 16.9. The minimum atomic E-state index is -1.11. The van der Waals surface area contributed by atoms with Crippen LogP contribution >= 0.6 is 22.9 Å². The second-order valence-corrected chi connectivity index (χ2v) is 10.5. The van der Waals surface area contributed by atoms with Gasteiger partial charge in [-0.3, -0.25) is 14.4 Å². The van der Waals surface area contributed by atoms with E-state index >= 15 is 0 Å². The van der Waals surface area contributed by atoms with E-state index in [0.29, 0.717) is 18.0 Å². The Morgan fingerprint density at radius 1 is 1.20 bits per heavy atom. The smallest absolute Gasteiger partial charge is 0.274 e. The second kappa shape index (κ2) is 9.47. The molecule has 3 aromatic rings. The molecule has 1 aromatic carbocycles. The number of carbonyl (C=O) groups is 3. The summed E-state index contributed by atoms with van der Waals surface area (Å²) < 4.78 is 1.63. The fraction of sp³-hybridized carbons (Fsp3) is 0.360. The van der Waals surface area contributed by atoms with Gasteiger partial charge in [0.15, 0.2) is 5.69 Å². The zero-order chi connectivity index (χ0) is 24.6. The summed E-state index contributed by atoms with van der Waals surface area (Å²) in [5.74, 6) is -0.986. The second-order valence-electron chi connectivity index (χ2n) is 9.11. The Morgan fingerprint density at radius 2 is 2.00 bits per heavy atom. The molecule has 1 aliphatic heterocycles. The van der Waals surface area contributed by atoms with Gasteiger partial charge in [0.2, 0.25) is 5.91 Å². The predicted molar refractivity (Wildman–Crippen MR) is 133 cm³/mol. The lowest BCUT2D eigenvalue weighted by Gasteiger charge is -2.44. The fourth-order valence-corrected chi connectivity index (χ4v) is 5.48. The minimum Gasteiger partial charge on any atom is -0.350 e. The zero-order valence-electron chi connectivity index (χ0n) is 19.3. The van der Waals surface area contributed by atoms with Crippen LogP contribution in [-0.4, -0.2) is 50.3 Å². The summed E-state index contributed by atoms with van der Waals surface area (Å²) in [6.07, 6.45) is 3.85. The van der Waals surface area contributed by atoms with Gasteiger partial charge in [0.25, 0.3) is 11.8 Å². The van der Waals surface area contributed by atoms with Gasteiger partial charge < -0.3 is 20.1 Å². The molecule has 1 aliphatic carbocycles. The van der Waals surface area contributed by atoms with E-state index in [1.54, 1.807) is 33.8 Å². The molecule has 0 bridgehead atoms. The van der Waals surface area contributed by atoms with Crippen molar-refractivity contribution in [2.45, 2.75) is 50.9 Å². The molecule has 8 nitrogen and oxygen atoms in total. The molecule has 1 fully saturated rings. The van der Waals surface area contributed by atoms with Gasteiger partial charge in [-0.2, -0.15) is 0 Å². The molecular weight excluding hydrogens is 486 g/mol. The first kappa shape index (κ1) is 23.6. The van der Waals surface area contributed by atoms with Crippen molar-refractivity contribution < 1.29 is 14.4 Å². The Labute approximate surface area is 212 Å². The first-order valence-electron chi connectivity index (χ1n) is 11.6. The summed E-state index contributed by atoms with van der Waals surface area (Å²) in [6, 6.07) is 11.3. The number of imidazole rings is 1. The van der Waals surface area contributed by atoms with Gasteiger partial charge >= 0.3 is 0 Å². The Hall–Kier alpha value is -3.17. The lowest BCUT2D eigenvalue weighted by molar-refractivity contribution is -0.133. The van der Waals surface area contributed by atoms with Crippen LogP contribution in [-0.2, 0) is 24.3 Å². The number of thiophene rings is 1. The van der Waals surface area contributed by atoms with Gasteiger partial charge in [0.1, 0.15) is 11.2 Å². The van der Waals surface area contributed by atoms with Crippen LogP contribution in [0.25, 0.3) is 0 Å². The predicted octanol–water partition coefficient (Wildman–Crippen LogP) is 3.26. The van der Waals surface area contributed by atoms with Crippen molar-refractivity contribution in [2.24, 2.45) is 0 Å². The zero-order valence-corrected chi connectivity index (χ0v) is 20.9. The summed E-state index contributed by atoms with van der Waals surface area (Å²) in [7, 11) is 0. The van der Waals surface area contributed by atoms with Crippen molar-refractivity contribution in [3.05, 3.63) is 75.0 Å². The molecule has 3 amide bonds. The molecular formula is C25H26ClN5O3S. The average Bonchev–Trinajstić information content (AvgIpc) is 3.35. The number of halogens is 1. The Morgan fingerprint density at radius 3 is 2.71 bits per heavy atom. The number of rotatable bonds is 8. The maximum atomic E-state index is 13.7. The number of carbonyl (C=O) groups excluding carboxylic acids is 3. The molecule has 10 heteroatoms. The largest absolute Gasteiger partial charge is 0.350 e. The van der Waals surface area contributed by atoms with Crippen LogP contribution in [0, 0.1) is 0 Å². The van der Waals surface area contributed by atoms with Gasteiger partial charge in [-0.15, -0.1) is 11.3 Å². The van der Waals surface area contributed by atoms with E-state index < -0.39 is 5.54 Å². The maximum absolute atomic E-state index is 13.7. The molecule has 0 spiro atoms. The van der Waals surface area contributed by atoms with Crippen molar-refractivity contribution in [1.29, 1.82) is 0 Å². The monoisotopic (exact) mass is 511 g/mol. The van der Waals surface area contributed by atoms with Gasteiger partial charge in [0, 0.05) is 29.0 Å². The number of nitrogens with zero attached hydrogens (tertiary/aromatic N) is 3. The van der Waals surface area contributed by atoms with Crippen molar-refractivity contribution in [2.75, 3.05) is 6.54 Å². The third-order valence-corrected chi connectivity index (χ3v) is 7.82. The minimum absolute atomic E-state index is 0.0306. The van der Waals surface area contributed by atoms with Gasteiger partial charge in [-0.1, -0.05) is 35.9 Å². The van der Waals surface area contributed by atoms with Gasteiger partial charge in [-0.05, 0) is 49.3 Å². The van der Waals surface area contributed by atoms with E-state index in [4.69, 9.17) is 11.6 Å². The molecule has 3 heterocycles. The van der Waals surface area contributed by atoms with E-state index in [2.05, 4.69) is 15.6 Å². The number of hydrogen-bond acceptors (Lipinski definition) is 5. The van der Waals surface area contributed by atoms with Crippen LogP contribution in [0.4, 0.5) is 0 Å². The topological polar surface area (TPSA) is 96.3 Å². The summed E-state index contributed by atoms with van der Waals surface area (Å²) in [5, 5.41) is 8.39. The fourth-order valence-electron chi connectivity index (χ4n) is 4.57. The van der Waals surface area contributed by atoms with E-state index in [1.165, 1.54) is 11.2 Å². The lowest BCUT2D eigenvalue weighted by atomic mass is 9.93. The normalized spacial score (nSPS) is 19.4. The maximum Gasteiger partial charge on any atom is 0.274 e. The molecule has 2 N–H and O–H groups in total. The van der Waals surface area contributed by atoms with Gasteiger partial charge in [0.05, 0.1) is 12.9 Å². The van der Waals surface area contributed by atoms with E-state index in [0.717, 1.165) is 18.4 Å². The standard InChI is InChI=1S/C25H26ClN5O3S/c1-25(24(34)28-13-16-5-2-3-7-19(16)26)14-30-15-29-20(21(30)23(33)31(25)17-8-9-17)22(32)27-11-10-18-6-4-12-35-18/h2-7,12,15,17H,8-11,13-14H2,1H3,(H,27,32)(H,28,34)/t25-/m0/s1. The number of hydrogen-bond donors (Lipinski definition) is 2. The summed E-state index contributed by atoms with van der Waals surface area (Å²) in [5.41, 5.74) is 0.0310. The number of nitrogens with one attached hydrogen (secondary N) is 2. The average molecular weight is 512 g/mol. The molecule has 0 saturated heterocycles. The Kier molecular flexibility index (Phi) is 6.37. The highest BCUT2D eigenvalue weighted by Crippen LogP contribution is 2.39. The van der Waals surface area contributed by atoms with Crippen molar-refractivity contribution in [3.63, 3.8) is 0 Å². The van der Waals surface area contributed by atoms with E-state index in [9.17, 15) is 14.4 Å². The van der Waals surface area contributed by atoms with Crippen LogP contribution in [0.3, 0.4) is 0 Å². The molecule has 182 valence electrons. The van der Waals surface area contributed by atoms with Crippen LogP contribution in [0.2, 0.25) is 5.02 Å². The number of amides is 3. The van der Waals surface area contributed by atoms with E-state index in [-0.39, 0.29) is 48.2 Å². The molecule has 0 radical (unpaired) electrons. The summed E-state index contributed by atoms with van der Waals surface area (Å²) in [4.78, 5) is 47.1. The molecule has 0 unspecified atom stereocenters. The molecule has 2 aliphatic rings. The van der Waals surface area contributed by atoms with Crippen LogP contribution < -0.4 is 10.6 Å². The molecule has 5 rings (SSSR count). The molecule has 1 saturated carbocycles. The van der Waals surface area contributed by atoms with Crippen molar-refractivity contribution >= 4 is 40.7 Å². The highest BCUT2D eigenvalue weighted by Gasteiger charge is 2.53. The number of benzene rings is 1. The lowest BCUT2D eigenvalue weighted by Crippen LogP contribution is -2.64. The quantitative estimate of drug-likeness (QED) is 0.485. The third kappa shape index (κ3) is 4.58. The van der Waals surface area contributed by atoms with Crippen molar-refractivity contribution in [3.8, 4) is 0 Å². The highest BCUT2D eigenvalue weighted by atomic mass is 35.5. The number of aromatic nitrogens is 2. The Balaban J connectivity index is 1.34. The molecule has 2 aromatic heterocycles. The third-order valence-electron chi connectivity index (χ3n) is 6.52. The summed E-state index contributed by atoms with van der Waals surface area (Å²) >= 11 is 7.87. The first-order valence-corrected chi connectivity index (χ1v) is 12.9. The Bertz CT molecular complexity index is 1270. The van der Waals surface area contributed by atoms with Crippen LogP contribution in [0.5, 0.6) is 0 Å². The summed E-state index contributed by atoms with van der Waals surface area (Å²) in [6.45, 7) is 2.70. The van der Waals surface area contributed by atoms with Crippen LogP contribution in [0.15, 0.2) is 48.1 Å². The number of fused-ring (bicyclic) bond motifs is 1. The highest BCUT2D eigenvalue weighted by molar-refractivity contribution is 7.09. The molecule has 1 atom stereocenters. The van der Waals surface area contributed by atoms with Crippen LogP contribution in [0.1, 0.15) is 51.2 Å².